The molecule has 0 amide bonds. The molecule has 2 unspecified atom stereocenters. The second-order valence-corrected chi connectivity index (χ2v) is 7.03. The molecule has 2 aliphatic rings. The van der Waals surface area contributed by atoms with Crippen molar-refractivity contribution >= 4 is 17.4 Å². The molecule has 124 valence electrons. The monoisotopic (exact) mass is 340 g/mol. The number of rotatable bonds is 5. The minimum absolute atomic E-state index is 0.0814. The van der Waals surface area contributed by atoms with E-state index in [4.69, 9.17) is 4.74 Å². The van der Waals surface area contributed by atoms with Gasteiger partial charge in [-0.15, -0.1) is 0 Å². The molecule has 0 saturated carbocycles. The highest BCUT2D eigenvalue weighted by atomic mass is 32.2. The highest BCUT2D eigenvalue weighted by molar-refractivity contribution is 8.00. The SMILES string of the molecule is COc1ccc2c(c1)N1C=CN(C(O)CCc3ccccc3)C1S2. The Hall–Kier alpha value is -2.11. The second-order valence-electron chi connectivity index (χ2n) is 5.94. The first-order valence-corrected chi connectivity index (χ1v) is 8.95. The fourth-order valence-electron chi connectivity index (χ4n) is 3.13. The Kier molecular flexibility index (Phi) is 4.12. The molecule has 2 aromatic carbocycles. The van der Waals surface area contributed by atoms with Gasteiger partial charge in [-0.25, -0.2) is 0 Å². The predicted molar refractivity (Wildman–Crippen MR) is 96.9 cm³/mol. The van der Waals surface area contributed by atoms with Crippen LogP contribution in [0.1, 0.15) is 12.0 Å². The van der Waals surface area contributed by atoms with Crippen LogP contribution in [0.4, 0.5) is 5.69 Å². The van der Waals surface area contributed by atoms with Crippen LogP contribution in [0, 0.1) is 0 Å². The molecule has 2 aromatic rings. The summed E-state index contributed by atoms with van der Waals surface area (Å²) in [5.41, 5.74) is 2.47. The molecular weight excluding hydrogens is 320 g/mol. The number of methoxy groups -OCH3 is 1. The summed E-state index contributed by atoms with van der Waals surface area (Å²) >= 11 is 1.76. The Morgan fingerprint density at radius 3 is 2.79 bits per heavy atom. The standard InChI is InChI=1S/C19H20N2O2S/c1-23-15-8-9-17-16(13-15)20-11-12-21(19(20)24-17)18(22)10-7-14-5-3-2-4-6-14/h2-6,8-9,11-13,18-19,22H,7,10H2,1H3. The zero-order valence-corrected chi connectivity index (χ0v) is 14.3. The van der Waals surface area contributed by atoms with Crippen LogP contribution in [0.2, 0.25) is 0 Å². The summed E-state index contributed by atoms with van der Waals surface area (Å²) in [5, 5.41) is 10.6. The number of hydrogen-bond donors (Lipinski definition) is 1. The Morgan fingerprint density at radius 1 is 1.17 bits per heavy atom. The van der Waals surface area contributed by atoms with Crippen LogP contribution in [-0.2, 0) is 6.42 Å². The van der Waals surface area contributed by atoms with Gasteiger partial charge >= 0.3 is 0 Å². The first kappa shape index (κ1) is 15.4. The number of hydrogen-bond acceptors (Lipinski definition) is 5. The number of anilines is 1. The minimum atomic E-state index is -0.500. The van der Waals surface area contributed by atoms with Gasteiger partial charge in [-0.1, -0.05) is 42.1 Å². The first-order chi connectivity index (χ1) is 11.8. The summed E-state index contributed by atoms with van der Waals surface area (Å²) in [6.07, 6.45) is 5.09. The lowest BCUT2D eigenvalue weighted by molar-refractivity contribution is 0.0310. The molecule has 2 atom stereocenters. The zero-order chi connectivity index (χ0) is 16.5. The van der Waals surface area contributed by atoms with Crippen molar-refractivity contribution in [2.24, 2.45) is 0 Å². The van der Waals surface area contributed by atoms with Gasteiger partial charge in [0, 0.05) is 23.4 Å². The summed E-state index contributed by atoms with van der Waals surface area (Å²) < 4.78 is 5.33. The number of aliphatic hydroxyl groups excluding tert-OH is 1. The highest BCUT2D eigenvalue weighted by Crippen LogP contribution is 2.48. The molecule has 0 radical (unpaired) electrons. The van der Waals surface area contributed by atoms with E-state index in [1.165, 1.54) is 10.5 Å². The largest absolute Gasteiger partial charge is 0.497 e. The average molecular weight is 340 g/mol. The normalized spacial score (nSPS) is 19.3. The summed E-state index contributed by atoms with van der Waals surface area (Å²) in [4.78, 5) is 5.43. The Balaban J connectivity index is 1.45. The van der Waals surface area contributed by atoms with Crippen LogP contribution < -0.4 is 9.64 Å². The molecule has 4 rings (SSSR count). The van der Waals surface area contributed by atoms with Crippen molar-refractivity contribution in [1.29, 1.82) is 0 Å². The van der Waals surface area contributed by atoms with E-state index in [1.807, 2.05) is 47.6 Å². The smallest absolute Gasteiger partial charge is 0.160 e. The summed E-state index contributed by atoms with van der Waals surface area (Å²) in [6.45, 7) is 0. The highest BCUT2D eigenvalue weighted by Gasteiger charge is 2.38. The maximum absolute atomic E-state index is 10.6. The summed E-state index contributed by atoms with van der Waals surface area (Å²) in [5.74, 6) is 0.853. The fourth-order valence-corrected chi connectivity index (χ4v) is 4.42. The van der Waals surface area contributed by atoms with Gasteiger partial charge in [0.1, 0.15) is 12.0 Å². The number of nitrogens with zero attached hydrogens (tertiary/aromatic N) is 2. The fraction of sp³-hybridized carbons (Fsp3) is 0.263. The molecule has 2 aliphatic heterocycles. The van der Waals surface area contributed by atoms with Crippen LogP contribution in [0.5, 0.6) is 5.75 Å². The zero-order valence-electron chi connectivity index (χ0n) is 13.5. The van der Waals surface area contributed by atoms with E-state index < -0.39 is 6.23 Å². The molecule has 0 aromatic heterocycles. The molecule has 4 nitrogen and oxygen atoms in total. The third kappa shape index (κ3) is 2.74. The Bertz CT molecular complexity index is 750. The number of fused-ring (bicyclic) bond motifs is 3. The topological polar surface area (TPSA) is 35.9 Å². The molecule has 24 heavy (non-hydrogen) atoms. The Morgan fingerprint density at radius 2 is 2.00 bits per heavy atom. The lowest BCUT2D eigenvalue weighted by Gasteiger charge is -2.30. The lowest BCUT2D eigenvalue weighted by Crippen LogP contribution is -2.40. The quantitative estimate of drug-likeness (QED) is 0.899. The van der Waals surface area contributed by atoms with Crippen molar-refractivity contribution in [2.45, 2.75) is 29.5 Å². The van der Waals surface area contributed by atoms with Crippen LogP contribution in [-0.4, -0.2) is 28.8 Å². The van der Waals surface area contributed by atoms with Gasteiger partial charge in [0.15, 0.2) is 5.50 Å². The number of benzene rings is 2. The number of thioether (sulfide) groups is 1. The second kappa shape index (κ2) is 6.42. The average Bonchev–Trinajstić information content (AvgIpc) is 3.19. The molecule has 0 saturated heterocycles. The van der Waals surface area contributed by atoms with Crippen LogP contribution in [0.15, 0.2) is 65.8 Å². The van der Waals surface area contributed by atoms with E-state index >= 15 is 0 Å². The third-order valence-corrected chi connectivity index (χ3v) is 5.73. The van der Waals surface area contributed by atoms with Gasteiger partial charge in [0.25, 0.3) is 0 Å². The van der Waals surface area contributed by atoms with E-state index in [9.17, 15) is 5.11 Å². The minimum Gasteiger partial charge on any atom is -0.497 e. The first-order valence-electron chi connectivity index (χ1n) is 8.07. The molecule has 0 fully saturated rings. The van der Waals surface area contributed by atoms with Gasteiger partial charge in [-0.2, -0.15) is 0 Å². The number of ether oxygens (including phenoxy) is 1. The van der Waals surface area contributed by atoms with Crippen molar-refractivity contribution in [3.8, 4) is 5.75 Å². The predicted octanol–water partition coefficient (Wildman–Crippen LogP) is 3.63. The van der Waals surface area contributed by atoms with Gasteiger partial charge in [0.05, 0.1) is 12.8 Å². The van der Waals surface area contributed by atoms with E-state index in [-0.39, 0.29) is 5.50 Å². The van der Waals surface area contributed by atoms with E-state index in [1.54, 1.807) is 18.9 Å². The molecule has 0 spiro atoms. The molecule has 1 N–H and O–H groups in total. The van der Waals surface area contributed by atoms with Crippen molar-refractivity contribution in [3.63, 3.8) is 0 Å². The van der Waals surface area contributed by atoms with Crippen LogP contribution in [0.3, 0.4) is 0 Å². The van der Waals surface area contributed by atoms with E-state index in [0.29, 0.717) is 6.42 Å². The third-order valence-electron chi connectivity index (χ3n) is 4.45. The van der Waals surface area contributed by atoms with Gasteiger partial charge in [0.2, 0.25) is 0 Å². The summed E-state index contributed by atoms with van der Waals surface area (Å²) in [7, 11) is 1.68. The molecule has 0 aliphatic carbocycles. The number of aliphatic hydroxyl groups is 1. The van der Waals surface area contributed by atoms with Gasteiger partial charge in [-0.05, 0) is 30.5 Å². The molecule has 0 bridgehead atoms. The van der Waals surface area contributed by atoms with Crippen LogP contribution >= 0.6 is 11.8 Å². The van der Waals surface area contributed by atoms with E-state index in [2.05, 4.69) is 23.1 Å². The van der Waals surface area contributed by atoms with Crippen molar-refractivity contribution in [3.05, 3.63) is 66.5 Å². The van der Waals surface area contributed by atoms with Crippen LogP contribution in [0.25, 0.3) is 0 Å². The molecule has 5 heteroatoms. The van der Waals surface area contributed by atoms with Crippen molar-refractivity contribution in [2.75, 3.05) is 12.0 Å². The van der Waals surface area contributed by atoms with E-state index in [0.717, 1.165) is 17.9 Å². The van der Waals surface area contributed by atoms with Crippen molar-refractivity contribution in [1.82, 2.24) is 4.90 Å². The van der Waals surface area contributed by atoms with Crippen molar-refractivity contribution < 1.29 is 9.84 Å². The van der Waals surface area contributed by atoms with Gasteiger partial charge in [-0.3, -0.25) is 0 Å². The summed E-state index contributed by atoms with van der Waals surface area (Å²) in [6, 6.07) is 16.4. The Labute approximate surface area is 146 Å². The molecular formula is C19H20N2O2S. The maximum atomic E-state index is 10.6. The maximum Gasteiger partial charge on any atom is 0.160 e. The lowest BCUT2D eigenvalue weighted by atomic mass is 10.1. The number of aryl methyl sites for hydroxylation is 1. The molecule has 2 heterocycles. The van der Waals surface area contributed by atoms with Gasteiger partial charge < -0.3 is 19.6 Å².